The molecule has 0 saturated carbocycles. The van der Waals surface area contributed by atoms with E-state index >= 15 is 0 Å². The van der Waals surface area contributed by atoms with Gasteiger partial charge in [0.1, 0.15) is 5.69 Å². The average molecular weight is 202 g/mol. The summed E-state index contributed by atoms with van der Waals surface area (Å²) in [5, 5.41) is 0. The number of hydrogen-bond acceptors (Lipinski definition) is 2. The van der Waals surface area contributed by atoms with Gasteiger partial charge in [0, 0.05) is 4.88 Å². The van der Waals surface area contributed by atoms with Crippen molar-refractivity contribution in [3.05, 3.63) is 14.5 Å². The van der Waals surface area contributed by atoms with Crippen LogP contribution in [0.15, 0.2) is 3.92 Å². The molecule has 0 radical (unpaired) electrons. The Morgan fingerprint density at radius 1 is 1.78 bits per heavy atom. The first kappa shape index (κ1) is 6.79. The zero-order chi connectivity index (χ0) is 6.85. The van der Waals surface area contributed by atoms with E-state index in [1.807, 2.05) is 6.92 Å². The van der Waals surface area contributed by atoms with E-state index in [1.165, 1.54) is 0 Å². The van der Waals surface area contributed by atoms with Crippen molar-refractivity contribution >= 4 is 27.3 Å². The molecule has 0 fully saturated rings. The largest absolute Gasteiger partial charge is 0.220 e. The van der Waals surface area contributed by atoms with Crippen LogP contribution in [0.25, 0.3) is 0 Å². The van der Waals surface area contributed by atoms with Crippen LogP contribution >= 0.6 is 27.3 Å². The molecule has 0 aromatic carbocycles. The summed E-state index contributed by atoms with van der Waals surface area (Å²) < 4.78 is 0.855. The van der Waals surface area contributed by atoms with Crippen molar-refractivity contribution in [3.8, 4) is 12.3 Å². The van der Waals surface area contributed by atoms with Crippen molar-refractivity contribution in [3.63, 3.8) is 0 Å². The van der Waals surface area contributed by atoms with Crippen LogP contribution in [0.3, 0.4) is 0 Å². The molecule has 1 heterocycles. The molecule has 0 bridgehead atoms. The van der Waals surface area contributed by atoms with Gasteiger partial charge >= 0.3 is 0 Å². The number of terminal acetylenes is 1. The van der Waals surface area contributed by atoms with Crippen LogP contribution < -0.4 is 0 Å². The molecule has 0 spiro atoms. The van der Waals surface area contributed by atoms with Gasteiger partial charge in [0.25, 0.3) is 0 Å². The highest BCUT2D eigenvalue weighted by molar-refractivity contribution is 9.11. The Morgan fingerprint density at radius 3 is 2.67 bits per heavy atom. The molecule has 46 valence electrons. The number of aryl methyl sites for hydroxylation is 1. The number of thiazole rings is 1. The molecule has 1 aromatic heterocycles. The fraction of sp³-hybridized carbons (Fsp3) is 0.167. The second-order valence-electron chi connectivity index (χ2n) is 1.52. The van der Waals surface area contributed by atoms with Gasteiger partial charge in [-0.15, -0.1) is 17.8 Å². The van der Waals surface area contributed by atoms with E-state index in [-0.39, 0.29) is 0 Å². The van der Waals surface area contributed by atoms with Gasteiger partial charge in [0.05, 0.1) is 0 Å². The maximum atomic E-state index is 5.14. The summed E-state index contributed by atoms with van der Waals surface area (Å²) in [6.45, 7) is 1.96. The summed E-state index contributed by atoms with van der Waals surface area (Å²) in [6, 6.07) is 0. The molecular formula is C6H4BrNS. The maximum absolute atomic E-state index is 5.14. The molecule has 1 nitrogen and oxygen atoms in total. The third-order valence-electron chi connectivity index (χ3n) is 0.907. The SMILES string of the molecule is C#Cc1nc(Br)sc1C. The average Bonchev–Trinajstić information content (AvgIpc) is 2.10. The zero-order valence-corrected chi connectivity index (χ0v) is 7.21. The number of halogens is 1. The second-order valence-corrected chi connectivity index (χ2v) is 4.00. The Kier molecular flexibility index (Phi) is 1.89. The minimum absolute atomic E-state index is 0.742. The van der Waals surface area contributed by atoms with Crippen LogP contribution in [0.5, 0.6) is 0 Å². The monoisotopic (exact) mass is 201 g/mol. The van der Waals surface area contributed by atoms with Gasteiger partial charge in [-0.3, -0.25) is 0 Å². The van der Waals surface area contributed by atoms with E-state index in [0.29, 0.717) is 0 Å². The molecule has 0 aliphatic rings. The standard InChI is InChI=1S/C6H4BrNS/c1-3-5-4(2)9-6(7)8-5/h1H,2H3. The van der Waals surface area contributed by atoms with Crippen molar-refractivity contribution < 1.29 is 0 Å². The molecule has 0 atom stereocenters. The minimum atomic E-state index is 0.742. The Balaban J connectivity index is 3.20. The Morgan fingerprint density at radius 2 is 2.44 bits per heavy atom. The van der Waals surface area contributed by atoms with Crippen LogP contribution in [0.1, 0.15) is 10.6 Å². The maximum Gasteiger partial charge on any atom is 0.160 e. The minimum Gasteiger partial charge on any atom is -0.220 e. The van der Waals surface area contributed by atoms with Crippen LogP contribution in [-0.2, 0) is 0 Å². The zero-order valence-electron chi connectivity index (χ0n) is 4.81. The topological polar surface area (TPSA) is 12.9 Å². The van der Waals surface area contributed by atoms with Crippen LogP contribution in [0, 0.1) is 19.3 Å². The van der Waals surface area contributed by atoms with E-state index in [9.17, 15) is 0 Å². The van der Waals surface area contributed by atoms with Gasteiger partial charge in [0.2, 0.25) is 0 Å². The molecule has 0 aliphatic carbocycles. The van der Waals surface area contributed by atoms with Crippen LogP contribution in [0.2, 0.25) is 0 Å². The molecule has 3 heteroatoms. The van der Waals surface area contributed by atoms with Gasteiger partial charge in [0.15, 0.2) is 3.92 Å². The highest BCUT2D eigenvalue weighted by Crippen LogP contribution is 2.20. The molecule has 1 aromatic rings. The lowest BCUT2D eigenvalue weighted by Crippen LogP contribution is -1.73. The molecule has 0 aliphatic heterocycles. The number of aromatic nitrogens is 1. The lowest BCUT2D eigenvalue weighted by molar-refractivity contribution is 1.31. The normalized spacial score (nSPS) is 9.00. The number of hydrogen-bond donors (Lipinski definition) is 0. The molecule has 1 rings (SSSR count). The van der Waals surface area contributed by atoms with Crippen molar-refractivity contribution in [2.45, 2.75) is 6.92 Å². The number of rotatable bonds is 0. The second kappa shape index (κ2) is 2.51. The summed E-state index contributed by atoms with van der Waals surface area (Å²) in [7, 11) is 0. The smallest absolute Gasteiger partial charge is 0.160 e. The summed E-state index contributed by atoms with van der Waals surface area (Å²) >= 11 is 4.79. The predicted octanol–water partition coefficient (Wildman–Crippen LogP) is 2.20. The Bertz CT molecular complexity index is 259. The lowest BCUT2D eigenvalue weighted by atomic mass is 10.4. The van der Waals surface area contributed by atoms with Gasteiger partial charge in [-0.2, -0.15) is 0 Å². The molecule has 9 heavy (non-hydrogen) atoms. The lowest BCUT2D eigenvalue weighted by Gasteiger charge is -1.77. The Labute approximate surface area is 66.3 Å². The Hall–Kier alpha value is -0.330. The van der Waals surface area contributed by atoms with Gasteiger partial charge in [-0.25, -0.2) is 4.98 Å². The van der Waals surface area contributed by atoms with Gasteiger partial charge in [-0.1, -0.05) is 0 Å². The van der Waals surface area contributed by atoms with Crippen molar-refractivity contribution in [1.29, 1.82) is 0 Å². The first-order chi connectivity index (χ1) is 4.24. The van der Waals surface area contributed by atoms with Gasteiger partial charge < -0.3 is 0 Å². The molecule has 0 saturated heterocycles. The van der Waals surface area contributed by atoms with E-state index in [2.05, 4.69) is 26.8 Å². The van der Waals surface area contributed by atoms with Crippen LogP contribution in [-0.4, -0.2) is 4.98 Å². The van der Waals surface area contributed by atoms with Crippen molar-refractivity contribution in [1.82, 2.24) is 4.98 Å². The van der Waals surface area contributed by atoms with Crippen molar-refractivity contribution in [2.24, 2.45) is 0 Å². The molecule has 0 amide bonds. The summed E-state index contributed by atoms with van der Waals surface area (Å²) in [5.74, 6) is 2.49. The predicted molar refractivity (Wildman–Crippen MR) is 42.5 cm³/mol. The van der Waals surface area contributed by atoms with Crippen LogP contribution in [0.4, 0.5) is 0 Å². The summed E-state index contributed by atoms with van der Waals surface area (Å²) in [4.78, 5) is 5.12. The fourth-order valence-corrected chi connectivity index (χ4v) is 1.99. The quantitative estimate of drug-likeness (QED) is 0.587. The van der Waals surface area contributed by atoms with E-state index in [0.717, 1.165) is 14.5 Å². The first-order valence-electron chi connectivity index (χ1n) is 2.33. The highest BCUT2D eigenvalue weighted by Gasteiger charge is 2.00. The molecule has 0 unspecified atom stereocenters. The summed E-state index contributed by atoms with van der Waals surface area (Å²) in [6.07, 6.45) is 5.14. The molecule has 0 N–H and O–H groups in total. The number of nitrogens with zero attached hydrogens (tertiary/aromatic N) is 1. The third-order valence-corrected chi connectivity index (χ3v) is 2.33. The van der Waals surface area contributed by atoms with E-state index in [4.69, 9.17) is 6.42 Å². The third kappa shape index (κ3) is 1.32. The van der Waals surface area contributed by atoms with E-state index < -0.39 is 0 Å². The summed E-state index contributed by atoms with van der Waals surface area (Å²) in [5.41, 5.74) is 0.742. The van der Waals surface area contributed by atoms with Gasteiger partial charge in [-0.05, 0) is 28.8 Å². The highest BCUT2D eigenvalue weighted by atomic mass is 79.9. The van der Waals surface area contributed by atoms with E-state index in [1.54, 1.807) is 11.3 Å². The first-order valence-corrected chi connectivity index (χ1v) is 3.94. The molecular weight excluding hydrogens is 198 g/mol. The van der Waals surface area contributed by atoms with Crippen molar-refractivity contribution in [2.75, 3.05) is 0 Å². The fourth-order valence-electron chi connectivity index (χ4n) is 0.498.